The lowest BCUT2D eigenvalue weighted by Crippen LogP contribution is -2.59. The van der Waals surface area contributed by atoms with Gasteiger partial charge in [0.15, 0.2) is 0 Å². The summed E-state index contributed by atoms with van der Waals surface area (Å²) in [6, 6.07) is 9.06. The summed E-state index contributed by atoms with van der Waals surface area (Å²) in [5.74, 6) is 0. The van der Waals surface area contributed by atoms with Crippen molar-refractivity contribution < 1.29 is 0 Å². The first kappa shape index (κ1) is 14.5. The molecule has 95 valence electrons. The predicted octanol–water partition coefficient (Wildman–Crippen LogP) is 4.50. The van der Waals surface area contributed by atoms with Crippen LogP contribution in [0.5, 0.6) is 0 Å². The Bertz CT molecular complexity index is 190. The van der Waals surface area contributed by atoms with Gasteiger partial charge in [0.25, 0.3) is 0 Å². The highest BCUT2D eigenvalue weighted by atomic mass is 28.4. The van der Waals surface area contributed by atoms with Gasteiger partial charge in [0.05, 0.1) is 0 Å². The largest absolute Gasteiger partial charge is 0.345 e. The zero-order valence-electron chi connectivity index (χ0n) is 11.8. The average Bonchev–Trinajstić information content (AvgIpc) is 2.65. The molecule has 0 aliphatic carbocycles. The maximum atomic E-state index is 4.12. The third-order valence-electron chi connectivity index (χ3n) is 5.22. The van der Waals surface area contributed by atoms with Crippen LogP contribution in [-0.2, 0) is 0 Å². The summed E-state index contributed by atoms with van der Waals surface area (Å²) >= 11 is 0. The molecule has 1 nitrogen and oxygen atoms in total. The molecule has 1 radical (unpaired) electrons. The summed E-state index contributed by atoms with van der Waals surface area (Å²) in [4.78, 5) is 0. The van der Waals surface area contributed by atoms with Crippen LogP contribution in [0.4, 0.5) is 0 Å². The van der Waals surface area contributed by atoms with E-state index in [1.54, 1.807) is 12.1 Å². The number of hydrogen-bond acceptors (Lipinski definition) is 1. The lowest BCUT2D eigenvalue weighted by Gasteiger charge is -2.45. The quantitative estimate of drug-likeness (QED) is 0.633. The van der Waals surface area contributed by atoms with E-state index in [1.165, 1.54) is 30.7 Å². The molecule has 0 atom stereocenters. The van der Waals surface area contributed by atoms with Crippen molar-refractivity contribution in [2.45, 2.75) is 70.4 Å². The van der Waals surface area contributed by atoms with Gasteiger partial charge in [-0.25, -0.2) is 0 Å². The maximum absolute atomic E-state index is 4.12. The molecule has 0 amide bonds. The van der Waals surface area contributed by atoms with Gasteiger partial charge >= 0.3 is 0 Å². The van der Waals surface area contributed by atoms with Gasteiger partial charge in [-0.1, -0.05) is 34.6 Å². The van der Waals surface area contributed by atoms with E-state index < -0.39 is 16.5 Å². The summed E-state index contributed by atoms with van der Waals surface area (Å²) in [6.07, 6.45) is 1.11. The van der Waals surface area contributed by atoms with Gasteiger partial charge in [-0.05, 0) is 49.2 Å². The summed E-state index contributed by atoms with van der Waals surface area (Å²) in [5, 5.41) is 0. The van der Waals surface area contributed by atoms with Crippen LogP contribution in [0.1, 0.15) is 34.1 Å². The molecule has 0 bridgehead atoms. The fourth-order valence-electron chi connectivity index (χ4n) is 3.84. The topological polar surface area (TPSA) is 3.24 Å². The third kappa shape index (κ3) is 2.18. The van der Waals surface area contributed by atoms with Gasteiger partial charge in [0.1, 0.15) is 16.5 Å². The van der Waals surface area contributed by atoms with Crippen LogP contribution in [0.25, 0.3) is 0 Å². The number of rotatable bonds is 6. The van der Waals surface area contributed by atoms with Crippen LogP contribution in [-0.4, -0.2) is 27.2 Å². The Morgan fingerprint density at radius 2 is 1.25 bits per heavy atom. The van der Waals surface area contributed by atoms with Crippen LogP contribution in [0.15, 0.2) is 0 Å². The van der Waals surface area contributed by atoms with E-state index in [9.17, 15) is 0 Å². The molecule has 1 rings (SSSR count). The van der Waals surface area contributed by atoms with E-state index in [2.05, 4.69) is 38.8 Å². The second-order valence-electron chi connectivity index (χ2n) is 5.37. The van der Waals surface area contributed by atoms with E-state index >= 15 is 0 Å². The van der Waals surface area contributed by atoms with Gasteiger partial charge in [0, 0.05) is 0 Å². The molecule has 1 aliphatic rings. The number of hydrogen-bond donors (Lipinski definition) is 0. The van der Waals surface area contributed by atoms with E-state index in [-0.39, 0.29) is 0 Å². The predicted molar refractivity (Wildman–Crippen MR) is 79.7 cm³/mol. The zero-order valence-corrected chi connectivity index (χ0v) is 13.8. The fourth-order valence-corrected chi connectivity index (χ4v) is 19.9. The summed E-state index contributed by atoms with van der Waals surface area (Å²) in [6.45, 7) is 15.2. The van der Waals surface area contributed by atoms with Gasteiger partial charge in [0.2, 0.25) is 0 Å². The summed E-state index contributed by atoms with van der Waals surface area (Å²) in [7, 11) is -2.11. The van der Waals surface area contributed by atoms with E-state index in [0.29, 0.717) is 0 Å². The Hall–Kier alpha value is 0.394. The molecule has 3 heteroatoms. The standard InChI is InChI=1S/C13H30NSi2/c1-6-11-14-15(7-2,8-3)12-13-16(14,9-4)10-5/h1,6-13H2,2-5H3. The average molecular weight is 257 g/mol. The summed E-state index contributed by atoms with van der Waals surface area (Å²) < 4.78 is 3.10. The molecular weight excluding hydrogens is 226 g/mol. The van der Waals surface area contributed by atoms with Crippen LogP contribution >= 0.6 is 0 Å². The fraction of sp³-hybridized carbons (Fsp3) is 0.923. The molecule has 1 fully saturated rings. The second-order valence-corrected chi connectivity index (χ2v) is 15.6. The van der Waals surface area contributed by atoms with E-state index in [4.69, 9.17) is 0 Å². The molecule has 0 aromatic rings. The lowest BCUT2D eigenvalue weighted by atomic mass is 10.5. The van der Waals surface area contributed by atoms with Crippen molar-refractivity contribution in [1.29, 1.82) is 0 Å². The minimum atomic E-state index is -1.05. The van der Waals surface area contributed by atoms with Crippen LogP contribution in [0.3, 0.4) is 0 Å². The minimum absolute atomic E-state index is 1.05. The zero-order chi connectivity index (χ0) is 12.2. The first-order valence-electron chi connectivity index (χ1n) is 7.21. The number of nitrogens with zero attached hydrogens (tertiary/aromatic N) is 1. The second kappa shape index (κ2) is 5.83. The lowest BCUT2D eigenvalue weighted by molar-refractivity contribution is 0.605. The van der Waals surface area contributed by atoms with Gasteiger partial charge in [-0.15, -0.1) is 0 Å². The molecule has 0 saturated carbocycles. The van der Waals surface area contributed by atoms with Crippen molar-refractivity contribution in [2.75, 3.05) is 6.54 Å². The highest BCUT2D eigenvalue weighted by Gasteiger charge is 2.53. The molecule has 0 spiro atoms. The van der Waals surface area contributed by atoms with E-state index in [0.717, 1.165) is 6.42 Å². The van der Waals surface area contributed by atoms with Gasteiger partial charge < -0.3 is 4.23 Å². The maximum Gasteiger partial charge on any atom is 0.121 e. The van der Waals surface area contributed by atoms with Crippen molar-refractivity contribution in [1.82, 2.24) is 4.23 Å². The Morgan fingerprint density at radius 1 is 0.875 bits per heavy atom. The molecule has 1 saturated heterocycles. The highest BCUT2D eigenvalue weighted by molar-refractivity contribution is 6.97. The monoisotopic (exact) mass is 256 g/mol. The van der Waals surface area contributed by atoms with Gasteiger partial charge in [-0.3, -0.25) is 0 Å². The van der Waals surface area contributed by atoms with Gasteiger partial charge in [-0.2, -0.15) is 0 Å². The normalized spacial score (nSPS) is 23.8. The molecule has 1 heterocycles. The van der Waals surface area contributed by atoms with Crippen molar-refractivity contribution in [3.8, 4) is 0 Å². The molecule has 16 heavy (non-hydrogen) atoms. The first-order chi connectivity index (χ1) is 7.64. The molecule has 0 aromatic heterocycles. The van der Waals surface area contributed by atoms with Crippen molar-refractivity contribution in [2.24, 2.45) is 0 Å². The first-order valence-corrected chi connectivity index (χ1v) is 12.4. The van der Waals surface area contributed by atoms with Crippen molar-refractivity contribution >= 4 is 16.5 Å². The van der Waals surface area contributed by atoms with Crippen LogP contribution in [0, 0.1) is 6.92 Å². The van der Waals surface area contributed by atoms with Crippen molar-refractivity contribution in [3.05, 3.63) is 6.92 Å². The molecular formula is C13H30NSi2. The van der Waals surface area contributed by atoms with Crippen molar-refractivity contribution in [3.63, 3.8) is 0 Å². The van der Waals surface area contributed by atoms with Crippen LogP contribution < -0.4 is 0 Å². The Labute approximate surface area is 105 Å². The summed E-state index contributed by atoms with van der Waals surface area (Å²) in [5.41, 5.74) is 0. The SMILES string of the molecule is [CH2]CCN1[Si](CC)(CC)CC[Si]1(CC)CC. The molecule has 0 unspecified atom stereocenters. The Morgan fingerprint density at radius 3 is 1.50 bits per heavy atom. The van der Waals surface area contributed by atoms with E-state index in [1.807, 2.05) is 0 Å². The Balaban J connectivity index is 2.99. The van der Waals surface area contributed by atoms with Crippen LogP contribution in [0.2, 0.25) is 36.3 Å². The molecule has 1 aliphatic heterocycles. The molecule has 0 aromatic carbocycles. The smallest absolute Gasteiger partial charge is 0.121 e. The minimum Gasteiger partial charge on any atom is -0.345 e. The third-order valence-corrected chi connectivity index (χ3v) is 18.9. The molecule has 0 N–H and O–H groups in total. The Kier molecular flexibility index (Phi) is 5.26. The highest BCUT2D eigenvalue weighted by Crippen LogP contribution is 2.44.